The highest BCUT2D eigenvalue weighted by Gasteiger charge is 2.14. The van der Waals surface area contributed by atoms with Gasteiger partial charge >= 0.3 is 0 Å². The molecule has 4 rings (SSSR count). The van der Waals surface area contributed by atoms with Gasteiger partial charge in [0, 0.05) is 41.3 Å². The van der Waals surface area contributed by atoms with E-state index in [1.165, 1.54) is 27.4 Å². The largest absolute Gasteiger partial charge is 0.378 e. The Morgan fingerprint density at radius 2 is 1.82 bits per heavy atom. The molecule has 22 heavy (non-hydrogen) atoms. The second kappa shape index (κ2) is 5.71. The molecule has 0 unspecified atom stereocenters. The number of thiocarbonyl (C=S) groups is 1. The molecule has 1 aromatic heterocycles. The van der Waals surface area contributed by atoms with Crippen molar-refractivity contribution in [3.63, 3.8) is 0 Å². The fraction of sp³-hybridized carbons (Fsp3) is 0.278. The van der Waals surface area contributed by atoms with Crippen molar-refractivity contribution < 1.29 is 4.74 Å². The molecule has 1 saturated heterocycles. The summed E-state index contributed by atoms with van der Waals surface area (Å²) in [6, 6.07) is 15.0. The first-order valence-corrected chi connectivity index (χ1v) is 8.07. The molecule has 112 valence electrons. The number of ether oxygens (including phenoxy) is 1. The van der Waals surface area contributed by atoms with Gasteiger partial charge in [-0.1, -0.05) is 42.5 Å². The molecule has 1 aliphatic heterocycles. The van der Waals surface area contributed by atoms with E-state index >= 15 is 0 Å². The van der Waals surface area contributed by atoms with Crippen LogP contribution in [0.2, 0.25) is 0 Å². The minimum absolute atomic E-state index is 0.779. The number of aromatic amines is 1. The van der Waals surface area contributed by atoms with Crippen molar-refractivity contribution in [3.05, 3.63) is 48.0 Å². The number of fused-ring (bicyclic) bond motifs is 3. The quantitative estimate of drug-likeness (QED) is 0.734. The van der Waals surface area contributed by atoms with E-state index in [1.807, 2.05) is 0 Å². The highest BCUT2D eigenvalue weighted by atomic mass is 32.1. The number of hydrogen-bond donors (Lipinski definition) is 1. The second-order valence-corrected chi connectivity index (χ2v) is 6.19. The van der Waals surface area contributed by atoms with Crippen LogP contribution < -0.4 is 0 Å². The first-order chi connectivity index (χ1) is 10.8. The van der Waals surface area contributed by atoms with E-state index in [-0.39, 0.29) is 0 Å². The summed E-state index contributed by atoms with van der Waals surface area (Å²) in [7, 11) is 0. The number of para-hydroxylation sites is 1. The van der Waals surface area contributed by atoms with Crippen LogP contribution in [-0.2, 0) is 11.2 Å². The second-order valence-electron chi connectivity index (χ2n) is 5.72. The third-order valence-corrected chi connectivity index (χ3v) is 4.69. The lowest BCUT2D eigenvalue weighted by atomic mass is 10.1. The minimum Gasteiger partial charge on any atom is -0.378 e. The summed E-state index contributed by atoms with van der Waals surface area (Å²) in [4.78, 5) is 6.77. The van der Waals surface area contributed by atoms with Gasteiger partial charge in [-0.3, -0.25) is 0 Å². The number of nitrogens with zero attached hydrogens (tertiary/aromatic N) is 1. The van der Waals surface area contributed by atoms with Crippen molar-refractivity contribution in [2.45, 2.75) is 6.42 Å². The van der Waals surface area contributed by atoms with Gasteiger partial charge in [0.2, 0.25) is 0 Å². The van der Waals surface area contributed by atoms with Crippen LogP contribution >= 0.6 is 12.2 Å². The molecular formula is C18H18N2OS. The highest BCUT2D eigenvalue weighted by Crippen LogP contribution is 2.26. The van der Waals surface area contributed by atoms with E-state index in [0.29, 0.717) is 0 Å². The molecule has 0 aliphatic carbocycles. The standard InChI is InChI=1S/C18H18N2OS/c22-18(20-7-9-21-10-8-20)12-13-5-6-15-14-3-1-2-4-16(14)19-17(15)11-13/h1-6,11,19H,7-10,12H2. The fourth-order valence-electron chi connectivity index (χ4n) is 3.11. The molecule has 0 radical (unpaired) electrons. The van der Waals surface area contributed by atoms with Crippen LogP contribution in [0.25, 0.3) is 21.8 Å². The van der Waals surface area contributed by atoms with E-state index in [2.05, 4.69) is 52.3 Å². The predicted molar refractivity (Wildman–Crippen MR) is 94.5 cm³/mol. The van der Waals surface area contributed by atoms with Gasteiger partial charge in [-0.05, 0) is 17.7 Å². The van der Waals surface area contributed by atoms with Crippen molar-refractivity contribution in [3.8, 4) is 0 Å². The lowest BCUT2D eigenvalue weighted by Crippen LogP contribution is -2.40. The van der Waals surface area contributed by atoms with Gasteiger partial charge in [0.05, 0.1) is 18.2 Å². The number of H-pyrrole nitrogens is 1. The van der Waals surface area contributed by atoms with Crippen LogP contribution in [0.3, 0.4) is 0 Å². The lowest BCUT2D eigenvalue weighted by molar-refractivity contribution is 0.0685. The third-order valence-electron chi connectivity index (χ3n) is 4.29. The van der Waals surface area contributed by atoms with Crippen molar-refractivity contribution in [2.75, 3.05) is 26.3 Å². The molecule has 2 aromatic carbocycles. The number of benzene rings is 2. The summed E-state index contributed by atoms with van der Waals surface area (Å²) in [6.45, 7) is 3.38. The molecule has 1 N–H and O–H groups in total. The van der Waals surface area contributed by atoms with Crippen LogP contribution in [0.15, 0.2) is 42.5 Å². The van der Waals surface area contributed by atoms with Crippen LogP contribution in [0.5, 0.6) is 0 Å². The molecule has 1 fully saturated rings. The van der Waals surface area contributed by atoms with Gasteiger partial charge in [0.1, 0.15) is 0 Å². The lowest BCUT2D eigenvalue weighted by Gasteiger charge is -2.29. The molecule has 4 heteroatoms. The fourth-order valence-corrected chi connectivity index (χ4v) is 3.46. The zero-order valence-corrected chi connectivity index (χ0v) is 13.2. The Bertz CT molecular complexity index is 833. The van der Waals surface area contributed by atoms with Gasteiger partial charge < -0.3 is 14.6 Å². The number of hydrogen-bond acceptors (Lipinski definition) is 2. The first-order valence-electron chi connectivity index (χ1n) is 7.66. The summed E-state index contributed by atoms with van der Waals surface area (Å²) in [5.41, 5.74) is 3.63. The Morgan fingerprint density at radius 3 is 2.68 bits per heavy atom. The molecule has 0 saturated carbocycles. The minimum atomic E-state index is 0.779. The van der Waals surface area contributed by atoms with E-state index in [0.717, 1.165) is 37.7 Å². The monoisotopic (exact) mass is 310 g/mol. The average molecular weight is 310 g/mol. The maximum Gasteiger partial charge on any atom is 0.0825 e. The topological polar surface area (TPSA) is 28.3 Å². The number of rotatable bonds is 2. The molecule has 0 atom stereocenters. The molecule has 0 bridgehead atoms. The molecule has 0 spiro atoms. The molecule has 3 nitrogen and oxygen atoms in total. The highest BCUT2D eigenvalue weighted by molar-refractivity contribution is 7.80. The number of aromatic nitrogens is 1. The van der Waals surface area contributed by atoms with E-state index in [4.69, 9.17) is 17.0 Å². The molecule has 0 amide bonds. The van der Waals surface area contributed by atoms with Crippen LogP contribution in [0, 0.1) is 0 Å². The van der Waals surface area contributed by atoms with Gasteiger partial charge in [0.25, 0.3) is 0 Å². The van der Waals surface area contributed by atoms with E-state index in [1.54, 1.807) is 0 Å². The van der Waals surface area contributed by atoms with Crippen LogP contribution in [-0.4, -0.2) is 41.2 Å². The van der Waals surface area contributed by atoms with Crippen molar-refractivity contribution in [1.29, 1.82) is 0 Å². The summed E-state index contributed by atoms with van der Waals surface area (Å²) in [5, 5.41) is 2.55. The molecule has 1 aliphatic rings. The van der Waals surface area contributed by atoms with Crippen molar-refractivity contribution in [1.82, 2.24) is 9.88 Å². The number of morpholine rings is 1. The van der Waals surface area contributed by atoms with E-state index < -0.39 is 0 Å². The SMILES string of the molecule is S=C(Cc1ccc2c(c1)[nH]c1ccccc12)N1CCOCC1. The maximum absolute atomic E-state index is 5.60. The Labute approximate surface area is 134 Å². The maximum atomic E-state index is 5.60. The van der Waals surface area contributed by atoms with Gasteiger partial charge in [0.15, 0.2) is 0 Å². The predicted octanol–water partition coefficient (Wildman–Crippen LogP) is 3.52. The first kappa shape index (κ1) is 13.7. The molecule has 2 heterocycles. The summed E-state index contributed by atoms with van der Waals surface area (Å²) in [5.74, 6) is 0. The Hall–Kier alpha value is -1.91. The van der Waals surface area contributed by atoms with Crippen molar-refractivity contribution >= 4 is 39.0 Å². The summed E-state index contributed by atoms with van der Waals surface area (Å²) >= 11 is 5.60. The van der Waals surface area contributed by atoms with Gasteiger partial charge in [-0.2, -0.15) is 0 Å². The normalized spacial score (nSPS) is 15.5. The summed E-state index contributed by atoms with van der Waals surface area (Å²) < 4.78 is 5.39. The Morgan fingerprint density at radius 1 is 1.05 bits per heavy atom. The average Bonchev–Trinajstić information content (AvgIpc) is 2.93. The summed E-state index contributed by atoms with van der Waals surface area (Å²) in [6.07, 6.45) is 0.820. The zero-order chi connectivity index (χ0) is 14.9. The van der Waals surface area contributed by atoms with Crippen molar-refractivity contribution in [2.24, 2.45) is 0 Å². The Balaban J connectivity index is 1.62. The Kier molecular flexibility index (Phi) is 3.56. The molecule has 3 aromatic rings. The molecular weight excluding hydrogens is 292 g/mol. The van der Waals surface area contributed by atoms with E-state index in [9.17, 15) is 0 Å². The van der Waals surface area contributed by atoms with Crippen LogP contribution in [0.1, 0.15) is 5.56 Å². The number of nitrogens with one attached hydrogen (secondary N) is 1. The smallest absolute Gasteiger partial charge is 0.0825 e. The van der Waals surface area contributed by atoms with Gasteiger partial charge in [-0.15, -0.1) is 0 Å². The third kappa shape index (κ3) is 2.49. The van der Waals surface area contributed by atoms with Crippen LogP contribution in [0.4, 0.5) is 0 Å². The van der Waals surface area contributed by atoms with Gasteiger partial charge in [-0.25, -0.2) is 0 Å². The zero-order valence-electron chi connectivity index (χ0n) is 12.3.